The summed E-state index contributed by atoms with van der Waals surface area (Å²) >= 11 is 0. The van der Waals surface area contributed by atoms with E-state index in [-0.39, 0.29) is 18.8 Å². The molecule has 2 unspecified atom stereocenters. The van der Waals surface area contributed by atoms with Gasteiger partial charge in [0.25, 0.3) is 5.91 Å². The van der Waals surface area contributed by atoms with Gasteiger partial charge < -0.3 is 29.4 Å². The van der Waals surface area contributed by atoms with Gasteiger partial charge in [-0.1, -0.05) is 121 Å². The van der Waals surface area contributed by atoms with Crippen molar-refractivity contribution in [2.45, 2.75) is 57.2 Å². The summed E-state index contributed by atoms with van der Waals surface area (Å²) in [5.74, 6) is -0.400. The van der Waals surface area contributed by atoms with Gasteiger partial charge in [0.1, 0.15) is 18.3 Å². The highest BCUT2D eigenvalue weighted by molar-refractivity contribution is 5.94. The number of nitrogens with one attached hydrogen (secondary N) is 1. The molecule has 5 atom stereocenters. The van der Waals surface area contributed by atoms with Crippen LogP contribution in [0.2, 0.25) is 0 Å². The van der Waals surface area contributed by atoms with Gasteiger partial charge in [-0.15, -0.1) is 0 Å². The lowest BCUT2D eigenvalue weighted by molar-refractivity contribution is -0.156. The second-order valence-electron chi connectivity index (χ2n) is 10.8. The fourth-order valence-electron chi connectivity index (χ4n) is 5.08. The monoisotopic (exact) mass is 593 g/mol. The molecule has 1 heterocycles. The molecule has 0 aliphatic carbocycles. The summed E-state index contributed by atoms with van der Waals surface area (Å²) < 4.78 is 25.2. The van der Waals surface area contributed by atoms with Crippen molar-refractivity contribution in [3.05, 3.63) is 155 Å². The molecular weight excluding hydrogens is 554 g/mol. The zero-order valence-corrected chi connectivity index (χ0v) is 24.8. The molecule has 1 amide bonds. The van der Waals surface area contributed by atoms with Crippen LogP contribution >= 0.6 is 0 Å². The molecule has 0 spiro atoms. The number of amides is 1. The Bertz CT molecular complexity index is 1450. The highest BCUT2D eigenvalue weighted by atomic mass is 16.6. The standard InChI is InChI=1S/C37H39NO6/c1-27(34(39)31-20-12-5-13-21-31)38-37(40)32-25-42-33(26-41-22-28-14-6-2-7-15-28)36(44-24-30-18-10-4-11-19-30)35(32)43-23-29-16-8-3-9-17-29/h2-21,25,27,33-36,39H,22-24,26H2,1H3,(H,38,40)/t27?,33-,34?,35-,36-/m1/s1. The summed E-state index contributed by atoms with van der Waals surface area (Å²) in [6.45, 7) is 2.97. The van der Waals surface area contributed by atoms with Gasteiger partial charge in [0.2, 0.25) is 0 Å². The molecule has 1 aliphatic heterocycles. The van der Waals surface area contributed by atoms with Crippen molar-refractivity contribution in [2.75, 3.05) is 6.61 Å². The van der Waals surface area contributed by atoms with Crippen LogP contribution < -0.4 is 5.32 Å². The Morgan fingerprint density at radius 3 is 1.82 bits per heavy atom. The minimum absolute atomic E-state index is 0.230. The van der Waals surface area contributed by atoms with Crippen LogP contribution in [0.4, 0.5) is 0 Å². The fourth-order valence-corrected chi connectivity index (χ4v) is 5.08. The topological polar surface area (TPSA) is 86.3 Å². The van der Waals surface area contributed by atoms with Crippen LogP contribution in [0.3, 0.4) is 0 Å². The van der Waals surface area contributed by atoms with Crippen LogP contribution in [0.25, 0.3) is 0 Å². The molecule has 0 saturated carbocycles. The van der Waals surface area contributed by atoms with E-state index in [1.165, 1.54) is 6.26 Å². The van der Waals surface area contributed by atoms with Crippen molar-refractivity contribution >= 4 is 5.91 Å². The lowest BCUT2D eigenvalue weighted by atomic mass is 9.96. The van der Waals surface area contributed by atoms with Crippen LogP contribution in [0.15, 0.2) is 133 Å². The Labute approximate surface area is 259 Å². The Balaban J connectivity index is 1.37. The SMILES string of the molecule is CC(NC(=O)C1=CO[C@H](COCc2ccccc2)[C@@H](OCc2ccccc2)[C@@H]1OCc1ccccc1)C(O)c1ccccc1. The molecule has 4 aromatic rings. The maximum atomic E-state index is 13.8. The average molecular weight is 594 g/mol. The van der Waals surface area contributed by atoms with Crippen LogP contribution in [-0.4, -0.2) is 42.0 Å². The number of hydrogen-bond acceptors (Lipinski definition) is 6. The lowest BCUT2D eigenvalue weighted by Gasteiger charge is -2.37. The first-order valence-corrected chi connectivity index (χ1v) is 14.9. The minimum atomic E-state index is -0.891. The zero-order chi connectivity index (χ0) is 30.6. The van der Waals surface area contributed by atoms with Crippen LogP contribution in [0.5, 0.6) is 0 Å². The molecule has 0 bridgehead atoms. The number of hydrogen-bond donors (Lipinski definition) is 2. The van der Waals surface area contributed by atoms with Gasteiger partial charge >= 0.3 is 0 Å². The van der Waals surface area contributed by atoms with Gasteiger partial charge in [-0.25, -0.2) is 0 Å². The van der Waals surface area contributed by atoms with Gasteiger partial charge in [-0.2, -0.15) is 0 Å². The highest BCUT2D eigenvalue weighted by Crippen LogP contribution is 2.28. The predicted molar refractivity (Wildman–Crippen MR) is 168 cm³/mol. The summed E-state index contributed by atoms with van der Waals surface area (Å²) in [7, 11) is 0. The molecule has 7 nitrogen and oxygen atoms in total. The summed E-state index contributed by atoms with van der Waals surface area (Å²) in [5.41, 5.74) is 3.99. The lowest BCUT2D eigenvalue weighted by Crippen LogP contribution is -2.51. The molecule has 2 N–H and O–H groups in total. The highest BCUT2D eigenvalue weighted by Gasteiger charge is 2.42. The van der Waals surface area contributed by atoms with Crippen molar-refractivity contribution in [2.24, 2.45) is 0 Å². The third-order valence-corrected chi connectivity index (χ3v) is 7.53. The maximum absolute atomic E-state index is 13.8. The molecule has 0 aromatic heterocycles. The van der Waals surface area contributed by atoms with Gasteiger partial charge in [-0.05, 0) is 29.2 Å². The quantitative estimate of drug-likeness (QED) is 0.190. The predicted octanol–water partition coefficient (Wildman–Crippen LogP) is 5.90. The molecule has 228 valence electrons. The second-order valence-corrected chi connectivity index (χ2v) is 10.8. The average Bonchev–Trinajstić information content (AvgIpc) is 3.08. The Kier molecular flexibility index (Phi) is 11.3. The molecule has 1 aliphatic rings. The van der Waals surface area contributed by atoms with Crippen molar-refractivity contribution < 1.29 is 28.8 Å². The van der Waals surface area contributed by atoms with E-state index in [1.54, 1.807) is 6.92 Å². The Hall–Kier alpha value is -4.27. The number of aliphatic hydroxyl groups excluding tert-OH is 1. The van der Waals surface area contributed by atoms with E-state index in [0.717, 1.165) is 16.7 Å². The first-order chi connectivity index (χ1) is 21.6. The van der Waals surface area contributed by atoms with Crippen molar-refractivity contribution in [1.82, 2.24) is 5.32 Å². The molecule has 5 rings (SSSR count). The van der Waals surface area contributed by atoms with Crippen LogP contribution in [0.1, 0.15) is 35.3 Å². The first-order valence-electron chi connectivity index (χ1n) is 14.9. The summed E-state index contributed by atoms with van der Waals surface area (Å²) in [4.78, 5) is 13.8. The van der Waals surface area contributed by atoms with Gasteiger partial charge in [0.15, 0.2) is 0 Å². The Morgan fingerprint density at radius 1 is 0.750 bits per heavy atom. The summed E-state index contributed by atoms with van der Waals surface area (Å²) in [5, 5.41) is 13.9. The molecule has 44 heavy (non-hydrogen) atoms. The Morgan fingerprint density at radius 2 is 1.25 bits per heavy atom. The minimum Gasteiger partial charge on any atom is -0.492 e. The van der Waals surface area contributed by atoms with Gasteiger partial charge in [0.05, 0.1) is 50.4 Å². The van der Waals surface area contributed by atoms with E-state index in [1.807, 2.05) is 121 Å². The molecule has 0 fully saturated rings. The molecular formula is C37H39NO6. The number of carbonyl (C=O) groups excluding carboxylic acids is 1. The van der Waals surface area contributed by atoms with Crippen molar-refractivity contribution in [3.63, 3.8) is 0 Å². The van der Waals surface area contributed by atoms with E-state index in [0.29, 0.717) is 18.8 Å². The molecule has 0 radical (unpaired) electrons. The number of rotatable bonds is 14. The third kappa shape index (κ3) is 8.65. The van der Waals surface area contributed by atoms with E-state index < -0.39 is 36.4 Å². The van der Waals surface area contributed by atoms with E-state index >= 15 is 0 Å². The van der Waals surface area contributed by atoms with Gasteiger partial charge in [-0.3, -0.25) is 4.79 Å². The largest absolute Gasteiger partial charge is 0.492 e. The van der Waals surface area contributed by atoms with Crippen molar-refractivity contribution in [3.8, 4) is 0 Å². The van der Waals surface area contributed by atoms with Gasteiger partial charge in [0, 0.05) is 0 Å². The number of benzene rings is 4. The number of carbonyl (C=O) groups is 1. The van der Waals surface area contributed by atoms with Crippen LogP contribution in [0, 0.1) is 0 Å². The van der Waals surface area contributed by atoms with Crippen LogP contribution in [-0.2, 0) is 43.6 Å². The zero-order valence-electron chi connectivity index (χ0n) is 24.8. The molecule has 0 saturated heterocycles. The summed E-state index contributed by atoms with van der Waals surface area (Å²) in [6, 6.07) is 38.2. The summed E-state index contributed by atoms with van der Waals surface area (Å²) in [6.07, 6.45) is -1.40. The van der Waals surface area contributed by atoms with E-state index in [9.17, 15) is 9.90 Å². The molecule has 4 aromatic carbocycles. The fraction of sp³-hybridized carbons (Fsp3) is 0.270. The van der Waals surface area contributed by atoms with Crippen molar-refractivity contribution in [1.29, 1.82) is 0 Å². The first kappa shape index (κ1) is 31.2. The smallest absolute Gasteiger partial charge is 0.253 e. The van der Waals surface area contributed by atoms with E-state index in [2.05, 4.69) is 5.32 Å². The number of aliphatic hydroxyl groups is 1. The van der Waals surface area contributed by atoms with E-state index in [4.69, 9.17) is 18.9 Å². The number of ether oxygens (including phenoxy) is 4. The second kappa shape index (κ2) is 16.0. The normalized spacial score (nSPS) is 19.3. The third-order valence-electron chi connectivity index (χ3n) is 7.53. The maximum Gasteiger partial charge on any atom is 0.253 e. The molecule has 7 heteroatoms.